The lowest BCUT2D eigenvalue weighted by atomic mass is 10.1. The summed E-state index contributed by atoms with van der Waals surface area (Å²) >= 11 is 0. The lowest BCUT2D eigenvalue weighted by Crippen LogP contribution is -2.45. The molecule has 0 saturated heterocycles. The molecule has 0 aliphatic rings. The molecule has 0 rings (SSSR count). The van der Waals surface area contributed by atoms with E-state index in [1.165, 1.54) is 103 Å². The molecule has 0 unspecified atom stereocenters. The number of nitrogens with one attached hydrogen (secondary N) is 1. The fourth-order valence-corrected chi connectivity index (χ4v) is 4.89. The Bertz CT molecular complexity index is 613. The fourth-order valence-electron chi connectivity index (χ4n) is 4.89. The minimum atomic E-state index is -0.861. The molecule has 0 aromatic carbocycles. The van der Waals surface area contributed by atoms with Crippen molar-refractivity contribution in [3.8, 4) is 0 Å². The minimum Gasteiger partial charge on any atom is -0.394 e. The third kappa shape index (κ3) is 28.1. The van der Waals surface area contributed by atoms with E-state index in [2.05, 4.69) is 43.5 Å². The normalized spacial score (nSPS) is 13.6. The van der Waals surface area contributed by atoms with Crippen LogP contribution in [0.2, 0.25) is 0 Å². The Balaban J connectivity index is 3.72. The summed E-state index contributed by atoms with van der Waals surface area (Å²) in [5, 5.41) is 22.8. The number of carbonyl (C=O) groups is 1. The van der Waals surface area contributed by atoms with Gasteiger partial charge in [0.25, 0.3) is 0 Å². The summed E-state index contributed by atoms with van der Waals surface area (Å²) in [6, 6.07) is -0.639. The van der Waals surface area contributed by atoms with Crippen molar-refractivity contribution in [1.82, 2.24) is 5.32 Å². The summed E-state index contributed by atoms with van der Waals surface area (Å²) < 4.78 is 0. The molecule has 0 saturated carbocycles. The number of hydrogen-bond donors (Lipinski definition) is 3. The Hall–Kier alpha value is -1.39. The molecule has 0 aliphatic heterocycles. The summed E-state index contributed by atoms with van der Waals surface area (Å²) in [4.78, 5) is 12.3. The van der Waals surface area contributed by atoms with E-state index in [4.69, 9.17) is 0 Å². The zero-order chi connectivity index (χ0) is 29.4. The first-order valence-electron chi connectivity index (χ1n) is 17.2. The second-order valence-corrected chi connectivity index (χ2v) is 11.6. The van der Waals surface area contributed by atoms with E-state index in [9.17, 15) is 15.0 Å². The maximum atomic E-state index is 12.3. The molecule has 1 amide bonds. The molecule has 2 atom stereocenters. The fraction of sp³-hybridized carbons (Fsp3) is 0.806. The minimum absolute atomic E-state index is 0.0859. The Kier molecular flexibility index (Phi) is 31.0. The van der Waals surface area contributed by atoms with E-state index in [-0.39, 0.29) is 12.5 Å². The van der Waals surface area contributed by atoms with Crippen LogP contribution in [-0.4, -0.2) is 34.9 Å². The zero-order valence-corrected chi connectivity index (χ0v) is 26.6. The highest BCUT2D eigenvalue weighted by Crippen LogP contribution is 2.11. The standard InChI is InChI=1S/C36H67NO3/c1-3-5-7-9-11-13-15-17-19-21-23-25-27-29-31-35(39)34(33-38)37-36(40)32-30-28-26-24-22-20-18-16-14-12-10-8-6-4-2/h16,18,21,23,29,31,34-35,38-39H,3-15,17,19-20,22,24-28,30,32-33H2,1-2H3,(H,37,40)/b18-16+,23-21+,31-29+/t34-,35+/m0/s1. The lowest BCUT2D eigenvalue weighted by Gasteiger charge is -2.19. The quantitative estimate of drug-likeness (QED) is 0.0603. The first-order valence-corrected chi connectivity index (χ1v) is 17.2. The Morgan fingerprint density at radius 2 is 0.975 bits per heavy atom. The molecular weight excluding hydrogens is 494 g/mol. The van der Waals surface area contributed by atoms with E-state index in [1.54, 1.807) is 6.08 Å². The van der Waals surface area contributed by atoms with Gasteiger partial charge in [0.2, 0.25) is 5.91 Å². The first kappa shape index (κ1) is 38.6. The van der Waals surface area contributed by atoms with Gasteiger partial charge in [-0.3, -0.25) is 4.79 Å². The van der Waals surface area contributed by atoms with E-state index in [1.807, 2.05) is 6.08 Å². The number of hydrogen-bond acceptors (Lipinski definition) is 3. The predicted molar refractivity (Wildman–Crippen MR) is 175 cm³/mol. The molecule has 0 aliphatic carbocycles. The van der Waals surface area contributed by atoms with Gasteiger partial charge < -0.3 is 15.5 Å². The van der Waals surface area contributed by atoms with E-state index < -0.39 is 12.1 Å². The van der Waals surface area contributed by atoms with Gasteiger partial charge in [0.1, 0.15) is 0 Å². The number of aliphatic hydroxyl groups excluding tert-OH is 2. The van der Waals surface area contributed by atoms with Gasteiger partial charge in [-0.25, -0.2) is 0 Å². The maximum Gasteiger partial charge on any atom is 0.220 e. The van der Waals surface area contributed by atoms with Crippen molar-refractivity contribution in [2.75, 3.05) is 6.61 Å². The van der Waals surface area contributed by atoms with Crippen molar-refractivity contribution in [1.29, 1.82) is 0 Å². The van der Waals surface area contributed by atoms with Crippen molar-refractivity contribution >= 4 is 5.91 Å². The number of amides is 1. The molecule has 0 aromatic heterocycles. The summed E-state index contributed by atoms with van der Waals surface area (Å²) in [6.45, 7) is 4.25. The average molecular weight is 562 g/mol. The molecule has 234 valence electrons. The van der Waals surface area contributed by atoms with Crippen LogP contribution in [0.4, 0.5) is 0 Å². The van der Waals surface area contributed by atoms with Crippen LogP contribution in [-0.2, 0) is 4.79 Å². The summed E-state index contributed by atoms with van der Waals surface area (Å²) in [5.41, 5.74) is 0. The van der Waals surface area contributed by atoms with Crippen LogP contribution in [0.25, 0.3) is 0 Å². The number of rotatable bonds is 30. The Morgan fingerprint density at radius 1 is 0.575 bits per heavy atom. The molecule has 0 fully saturated rings. The number of unbranched alkanes of at least 4 members (excludes halogenated alkanes) is 19. The lowest BCUT2D eigenvalue weighted by molar-refractivity contribution is -0.123. The van der Waals surface area contributed by atoms with Crippen LogP contribution >= 0.6 is 0 Å². The van der Waals surface area contributed by atoms with Gasteiger partial charge in [0, 0.05) is 6.42 Å². The van der Waals surface area contributed by atoms with E-state index in [0.717, 1.165) is 44.9 Å². The van der Waals surface area contributed by atoms with Gasteiger partial charge >= 0.3 is 0 Å². The monoisotopic (exact) mass is 562 g/mol. The summed E-state index contributed by atoms with van der Waals surface area (Å²) in [7, 11) is 0. The Morgan fingerprint density at radius 3 is 1.45 bits per heavy atom. The third-order valence-electron chi connectivity index (χ3n) is 7.60. The van der Waals surface area contributed by atoms with Gasteiger partial charge in [-0.05, 0) is 57.8 Å². The highest BCUT2D eigenvalue weighted by atomic mass is 16.3. The largest absolute Gasteiger partial charge is 0.394 e. The molecular formula is C36H67NO3. The van der Waals surface area contributed by atoms with Crippen LogP contribution in [0, 0.1) is 0 Å². The predicted octanol–water partition coefficient (Wildman–Crippen LogP) is 9.90. The highest BCUT2D eigenvalue weighted by molar-refractivity contribution is 5.76. The molecule has 0 bridgehead atoms. The van der Waals surface area contributed by atoms with E-state index in [0.29, 0.717) is 6.42 Å². The molecule has 0 heterocycles. The molecule has 0 aromatic rings. The highest BCUT2D eigenvalue weighted by Gasteiger charge is 2.17. The molecule has 4 heteroatoms. The van der Waals surface area contributed by atoms with Crippen LogP contribution in [0.3, 0.4) is 0 Å². The number of aliphatic hydroxyl groups is 2. The van der Waals surface area contributed by atoms with E-state index >= 15 is 0 Å². The molecule has 0 radical (unpaired) electrons. The molecule has 4 nitrogen and oxygen atoms in total. The third-order valence-corrected chi connectivity index (χ3v) is 7.60. The van der Waals surface area contributed by atoms with Gasteiger partial charge in [0.15, 0.2) is 0 Å². The topological polar surface area (TPSA) is 69.6 Å². The van der Waals surface area contributed by atoms with Crippen LogP contribution < -0.4 is 5.32 Å². The average Bonchev–Trinajstić information content (AvgIpc) is 2.96. The summed E-state index contributed by atoms with van der Waals surface area (Å²) in [5.74, 6) is -0.0859. The summed E-state index contributed by atoms with van der Waals surface area (Å²) in [6.07, 6.45) is 40.8. The number of carbonyl (C=O) groups excluding carboxylic acids is 1. The van der Waals surface area contributed by atoms with Crippen LogP contribution in [0.5, 0.6) is 0 Å². The SMILES string of the molecule is CCCCCCC/C=C/CCCCCCCC(=O)N[C@@H](CO)[C@H](O)/C=C/CC/C=C/CCCCCCCCCC. The van der Waals surface area contributed by atoms with Gasteiger partial charge in [0.05, 0.1) is 18.8 Å². The van der Waals surface area contributed by atoms with Crippen molar-refractivity contribution in [3.05, 3.63) is 36.5 Å². The molecule has 3 N–H and O–H groups in total. The zero-order valence-electron chi connectivity index (χ0n) is 26.6. The smallest absolute Gasteiger partial charge is 0.220 e. The van der Waals surface area contributed by atoms with Crippen LogP contribution in [0.15, 0.2) is 36.5 Å². The first-order chi connectivity index (χ1) is 19.7. The van der Waals surface area contributed by atoms with Gasteiger partial charge in [-0.15, -0.1) is 0 Å². The molecule has 40 heavy (non-hydrogen) atoms. The Labute approximate surface area is 249 Å². The van der Waals surface area contributed by atoms with Gasteiger partial charge in [-0.1, -0.05) is 140 Å². The second kappa shape index (κ2) is 32.1. The maximum absolute atomic E-state index is 12.3. The van der Waals surface area contributed by atoms with Gasteiger partial charge in [-0.2, -0.15) is 0 Å². The van der Waals surface area contributed by atoms with Crippen molar-refractivity contribution in [3.63, 3.8) is 0 Å². The van der Waals surface area contributed by atoms with Crippen molar-refractivity contribution in [2.24, 2.45) is 0 Å². The second-order valence-electron chi connectivity index (χ2n) is 11.6. The molecule has 0 spiro atoms. The van der Waals surface area contributed by atoms with Crippen LogP contribution in [0.1, 0.15) is 168 Å². The van der Waals surface area contributed by atoms with Crippen molar-refractivity contribution < 1.29 is 15.0 Å². The number of allylic oxidation sites excluding steroid dienone is 5. The van der Waals surface area contributed by atoms with Crippen molar-refractivity contribution in [2.45, 2.75) is 180 Å².